The van der Waals surface area contributed by atoms with E-state index in [9.17, 15) is 20.0 Å². The second-order valence-electron chi connectivity index (χ2n) is 10.1. The van der Waals surface area contributed by atoms with E-state index in [1.54, 1.807) is 12.1 Å². The molecule has 0 bridgehead atoms. The number of morpholine rings is 2. The van der Waals surface area contributed by atoms with Crippen LogP contribution in [0, 0.1) is 0 Å². The molecule has 39 heavy (non-hydrogen) atoms. The van der Waals surface area contributed by atoms with Gasteiger partial charge in [0.2, 0.25) is 11.6 Å². The number of Topliss-reactive ketones (excluding diaryl/α,β-unsaturated/α-hetero) is 2. The molecule has 3 aliphatic rings. The molecule has 10 nitrogen and oxygen atoms in total. The summed E-state index contributed by atoms with van der Waals surface area (Å²) in [5, 5.41) is 25.7. The Morgan fingerprint density at radius 2 is 1.10 bits per heavy atom. The van der Waals surface area contributed by atoms with Crippen LogP contribution >= 0.6 is 0 Å². The monoisotopic (exact) mass is 534 g/mol. The van der Waals surface area contributed by atoms with Gasteiger partial charge in [-0.1, -0.05) is 34.6 Å². The fourth-order valence-corrected chi connectivity index (χ4v) is 5.42. The highest BCUT2D eigenvalue weighted by atomic mass is 16.5. The molecular weight excluding hydrogens is 500 g/mol. The first-order chi connectivity index (χ1) is 19.1. The molecule has 0 amide bonds. The third-order valence-corrected chi connectivity index (χ3v) is 7.71. The maximum absolute atomic E-state index is 13.1. The van der Waals surface area contributed by atoms with Crippen molar-refractivity contribution in [2.75, 3.05) is 65.7 Å². The molecule has 5 rings (SSSR count). The molecule has 2 fully saturated rings. The molecule has 0 radical (unpaired) electrons. The predicted octanol–water partition coefficient (Wildman–Crippen LogP) is 2.73. The Kier molecular flexibility index (Phi) is 8.77. The van der Waals surface area contributed by atoms with Crippen LogP contribution in [0.4, 0.5) is 0 Å². The van der Waals surface area contributed by atoms with E-state index in [0.29, 0.717) is 69.9 Å². The molecule has 2 heterocycles. The second kappa shape index (κ2) is 12.6. The van der Waals surface area contributed by atoms with E-state index in [0.717, 1.165) is 48.4 Å². The van der Waals surface area contributed by atoms with E-state index in [4.69, 9.17) is 9.47 Å². The van der Waals surface area contributed by atoms with Gasteiger partial charge in [0, 0.05) is 63.2 Å². The Morgan fingerprint density at radius 1 is 0.692 bits per heavy atom. The summed E-state index contributed by atoms with van der Waals surface area (Å²) < 4.78 is 10.7. The molecule has 2 saturated heterocycles. The maximum Gasteiger partial charge on any atom is 0.210 e. The largest absolute Gasteiger partial charge is 0.411 e. The van der Waals surface area contributed by atoms with Gasteiger partial charge in [-0.2, -0.15) is 0 Å². The normalized spacial score (nSPS) is 18.6. The maximum atomic E-state index is 13.1. The second-order valence-corrected chi connectivity index (χ2v) is 10.1. The molecule has 2 aromatic rings. The van der Waals surface area contributed by atoms with Crippen LogP contribution in [0.5, 0.6) is 0 Å². The van der Waals surface area contributed by atoms with Gasteiger partial charge in [0.25, 0.3) is 0 Å². The smallest absolute Gasteiger partial charge is 0.210 e. The quantitative estimate of drug-likeness (QED) is 0.176. The Hall–Kier alpha value is -3.44. The third kappa shape index (κ3) is 6.25. The van der Waals surface area contributed by atoms with Crippen molar-refractivity contribution in [3.05, 3.63) is 58.7 Å². The Balaban J connectivity index is 1.24. The van der Waals surface area contributed by atoms with Crippen LogP contribution in [-0.4, -0.2) is 109 Å². The number of oxime groups is 2. The third-order valence-electron chi connectivity index (χ3n) is 7.71. The number of rotatable bonds is 10. The van der Waals surface area contributed by atoms with Crippen LogP contribution in [-0.2, 0) is 15.9 Å². The molecule has 0 saturated carbocycles. The number of carbonyl (C=O) groups is 2. The van der Waals surface area contributed by atoms with Gasteiger partial charge in [0.1, 0.15) is 11.4 Å². The van der Waals surface area contributed by atoms with Crippen molar-refractivity contribution in [1.29, 1.82) is 0 Å². The standard InChI is InChI=1S/C29H34N4O6/c34-28(26(30-36)5-7-32-9-13-38-14-10-32)20-1-3-24-22(17-20)19-23-18-21(2-4-25(23)24)29(35)27(31-37)6-8-33-11-15-39-16-12-33/h1-4,17-18,36-37H,5-16,19H2. The molecular formula is C29H34N4O6. The average Bonchev–Trinajstić information content (AvgIpc) is 3.35. The minimum atomic E-state index is -0.288. The molecule has 0 atom stereocenters. The highest BCUT2D eigenvalue weighted by Crippen LogP contribution is 2.37. The van der Waals surface area contributed by atoms with Crippen LogP contribution in [0.1, 0.15) is 44.7 Å². The van der Waals surface area contributed by atoms with Crippen molar-refractivity contribution in [3.63, 3.8) is 0 Å². The zero-order valence-electron chi connectivity index (χ0n) is 22.0. The summed E-state index contributed by atoms with van der Waals surface area (Å²) in [6.45, 7) is 7.13. The van der Waals surface area contributed by atoms with Crippen LogP contribution in [0.2, 0.25) is 0 Å². The van der Waals surface area contributed by atoms with Gasteiger partial charge in [-0.3, -0.25) is 19.4 Å². The van der Waals surface area contributed by atoms with Gasteiger partial charge in [-0.15, -0.1) is 0 Å². The average molecular weight is 535 g/mol. The number of fused-ring (bicyclic) bond motifs is 3. The zero-order chi connectivity index (χ0) is 27.2. The summed E-state index contributed by atoms with van der Waals surface area (Å²) in [4.78, 5) is 30.6. The predicted molar refractivity (Wildman–Crippen MR) is 146 cm³/mol. The molecule has 0 aromatic heterocycles. The number of nitrogens with zero attached hydrogens (tertiary/aromatic N) is 4. The number of carbonyl (C=O) groups excluding carboxylic acids is 2. The van der Waals surface area contributed by atoms with Gasteiger partial charge < -0.3 is 19.9 Å². The molecule has 2 N–H and O–H groups in total. The van der Waals surface area contributed by atoms with Crippen LogP contribution in [0.25, 0.3) is 11.1 Å². The summed E-state index contributed by atoms with van der Waals surface area (Å²) in [6.07, 6.45) is 1.29. The molecule has 0 spiro atoms. The lowest BCUT2D eigenvalue weighted by atomic mass is 9.97. The van der Waals surface area contributed by atoms with Gasteiger partial charge >= 0.3 is 0 Å². The lowest BCUT2D eigenvalue weighted by molar-refractivity contribution is 0.0390. The highest BCUT2D eigenvalue weighted by molar-refractivity contribution is 6.46. The number of hydrogen-bond acceptors (Lipinski definition) is 10. The molecule has 206 valence electrons. The van der Waals surface area contributed by atoms with Crippen molar-refractivity contribution >= 4 is 23.0 Å². The first kappa shape index (κ1) is 27.1. The fourth-order valence-electron chi connectivity index (χ4n) is 5.42. The highest BCUT2D eigenvalue weighted by Gasteiger charge is 2.25. The zero-order valence-corrected chi connectivity index (χ0v) is 22.0. The topological polar surface area (TPSA) is 124 Å². The first-order valence-electron chi connectivity index (χ1n) is 13.4. The van der Waals surface area contributed by atoms with E-state index >= 15 is 0 Å². The van der Waals surface area contributed by atoms with E-state index in [1.165, 1.54) is 0 Å². The number of ketones is 2. The van der Waals surface area contributed by atoms with Crippen LogP contribution in [0.15, 0.2) is 46.7 Å². The lowest BCUT2D eigenvalue weighted by Crippen LogP contribution is -2.38. The summed E-state index contributed by atoms with van der Waals surface area (Å²) in [7, 11) is 0. The number of benzene rings is 2. The summed E-state index contributed by atoms with van der Waals surface area (Å²) in [5.41, 5.74) is 5.22. The SMILES string of the molecule is O=C(C(CCN1CCOCC1)=NO)c1ccc2c(c1)Cc1cc(C(=O)C(CCN3CCOCC3)=NO)ccc1-2. The van der Waals surface area contributed by atoms with E-state index in [-0.39, 0.29) is 23.0 Å². The first-order valence-corrected chi connectivity index (χ1v) is 13.4. The molecule has 2 aromatic carbocycles. The summed E-state index contributed by atoms with van der Waals surface area (Å²) in [6, 6.07) is 11.0. The summed E-state index contributed by atoms with van der Waals surface area (Å²) >= 11 is 0. The van der Waals surface area contributed by atoms with Crippen LogP contribution in [0.3, 0.4) is 0 Å². The van der Waals surface area contributed by atoms with Crippen molar-refractivity contribution in [2.45, 2.75) is 19.3 Å². The van der Waals surface area contributed by atoms with Gasteiger partial charge in [0.05, 0.1) is 26.4 Å². The Morgan fingerprint density at radius 3 is 1.49 bits per heavy atom. The minimum absolute atomic E-state index is 0.137. The molecule has 0 unspecified atom stereocenters. The fraction of sp³-hybridized carbons (Fsp3) is 0.448. The Bertz CT molecular complexity index is 1180. The van der Waals surface area contributed by atoms with E-state index in [1.807, 2.05) is 24.3 Å². The molecule has 2 aliphatic heterocycles. The van der Waals surface area contributed by atoms with Crippen molar-refractivity contribution in [1.82, 2.24) is 9.80 Å². The molecule has 10 heteroatoms. The van der Waals surface area contributed by atoms with Gasteiger partial charge in [-0.05, 0) is 40.8 Å². The number of ether oxygens (including phenoxy) is 2. The van der Waals surface area contributed by atoms with E-state index in [2.05, 4.69) is 20.1 Å². The van der Waals surface area contributed by atoms with Crippen molar-refractivity contribution in [3.8, 4) is 11.1 Å². The van der Waals surface area contributed by atoms with Gasteiger partial charge in [0.15, 0.2) is 0 Å². The van der Waals surface area contributed by atoms with Crippen LogP contribution < -0.4 is 0 Å². The van der Waals surface area contributed by atoms with Gasteiger partial charge in [-0.25, -0.2) is 0 Å². The number of hydrogen-bond donors (Lipinski definition) is 2. The van der Waals surface area contributed by atoms with E-state index < -0.39 is 0 Å². The molecule has 1 aliphatic carbocycles. The lowest BCUT2D eigenvalue weighted by Gasteiger charge is -2.26. The van der Waals surface area contributed by atoms with Crippen molar-refractivity contribution < 1.29 is 29.5 Å². The van der Waals surface area contributed by atoms with Crippen molar-refractivity contribution in [2.24, 2.45) is 10.3 Å². The summed E-state index contributed by atoms with van der Waals surface area (Å²) in [5.74, 6) is -0.575. The minimum Gasteiger partial charge on any atom is -0.411 e. The Labute approximate surface area is 227 Å².